The zero-order valence-corrected chi connectivity index (χ0v) is 20.7. The lowest BCUT2D eigenvalue weighted by atomic mass is 9.93. The molecule has 1 saturated carbocycles. The number of benzene rings is 1. The van der Waals surface area contributed by atoms with Crippen LogP contribution in [0.5, 0.6) is 5.75 Å². The van der Waals surface area contributed by atoms with E-state index in [4.69, 9.17) is 9.47 Å². The Labute approximate surface area is 201 Å². The summed E-state index contributed by atoms with van der Waals surface area (Å²) in [4.78, 5) is 27.5. The van der Waals surface area contributed by atoms with Gasteiger partial charge in [-0.1, -0.05) is 19.3 Å². The molecule has 3 aliphatic rings. The highest BCUT2D eigenvalue weighted by molar-refractivity contribution is 7.92. The zero-order chi connectivity index (χ0) is 24.3. The maximum Gasteiger partial charge on any atom is 0.257 e. The molecule has 1 aromatic rings. The first-order valence-electron chi connectivity index (χ1n) is 12.2. The number of amides is 2. The predicted octanol–water partition coefficient (Wildman–Crippen LogP) is 2.67. The smallest absolute Gasteiger partial charge is 0.257 e. The molecule has 4 rings (SSSR count). The van der Waals surface area contributed by atoms with Crippen molar-refractivity contribution in [1.29, 1.82) is 0 Å². The van der Waals surface area contributed by atoms with E-state index in [1.54, 1.807) is 31.0 Å². The molecule has 2 fully saturated rings. The Kier molecular flexibility index (Phi) is 7.67. The van der Waals surface area contributed by atoms with Crippen LogP contribution >= 0.6 is 0 Å². The van der Waals surface area contributed by atoms with E-state index in [0.29, 0.717) is 36.3 Å². The van der Waals surface area contributed by atoms with E-state index in [-0.39, 0.29) is 48.5 Å². The molecule has 34 heavy (non-hydrogen) atoms. The Morgan fingerprint density at radius 1 is 1.15 bits per heavy atom. The van der Waals surface area contributed by atoms with Gasteiger partial charge in [-0.3, -0.25) is 14.3 Å². The number of nitrogens with zero attached hydrogens (tertiary/aromatic N) is 1. The van der Waals surface area contributed by atoms with Crippen molar-refractivity contribution in [3.8, 4) is 5.75 Å². The van der Waals surface area contributed by atoms with Gasteiger partial charge in [-0.05, 0) is 50.8 Å². The monoisotopic (exact) mass is 493 g/mol. The molecule has 1 aliphatic carbocycles. The summed E-state index contributed by atoms with van der Waals surface area (Å²) in [6.07, 6.45) is 6.81. The number of carbonyl (C=O) groups excluding carboxylic acids is 2. The normalized spacial score (nSPS) is 25.9. The standard InChI is InChI=1S/C24H35N3O6S/c1-3-34(30,31)26-17-9-12-21-19(13-17)24(29)27(2)20-11-10-18(33-22(20)15-32-21)14-23(28)25-16-7-5-4-6-8-16/h9,12-13,16,18,20,22,26H,3-8,10-11,14-15H2,1-2H3,(H,25,28)/t18-,20+,22-/m1/s1. The summed E-state index contributed by atoms with van der Waals surface area (Å²) in [6, 6.07) is 4.79. The van der Waals surface area contributed by atoms with Crippen molar-refractivity contribution < 1.29 is 27.5 Å². The lowest BCUT2D eigenvalue weighted by molar-refractivity contribution is -0.134. The van der Waals surface area contributed by atoms with E-state index in [9.17, 15) is 18.0 Å². The summed E-state index contributed by atoms with van der Waals surface area (Å²) >= 11 is 0. The van der Waals surface area contributed by atoms with Crippen LogP contribution in [0.25, 0.3) is 0 Å². The van der Waals surface area contributed by atoms with E-state index in [1.165, 1.54) is 25.3 Å². The summed E-state index contributed by atoms with van der Waals surface area (Å²) in [5.74, 6) is 0.101. The summed E-state index contributed by atoms with van der Waals surface area (Å²) < 4.78 is 38.5. The number of ether oxygens (including phenoxy) is 2. The lowest BCUT2D eigenvalue weighted by Gasteiger charge is -2.42. The Morgan fingerprint density at radius 2 is 1.91 bits per heavy atom. The Balaban J connectivity index is 1.42. The van der Waals surface area contributed by atoms with Gasteiger partial charge < -0.3 is 19.7 Å². The molecule has 0 bridgehead atoms. The lowest BCUT2D eigenvalue weighted by Crippen LogP contribution is -2.54. The summed E-state index contributed by atoms with van der Waals surface area (Å²) in [6.45, 7) is 1.80. The maximum atomic E-state index is 13.3. The van der Waals surface area contributed by atoms with Crippen LogP contribution in [0.4, 0.5) is 5.69 Å². The molecule has 1 aromatic carbocycles. The van der Waals surface area contributed by atoms with Gasteiger partial charge in [0.25, 0.3) is 5.91 Å². The van der Waals surface area contributed by atoms with E-state index in [2.05, 4.69) is 10.0 Å². The highest BCUT2D eigenvalue weighted by Crippen LogP contribution is 2.32. The van der Waals surface area contributed by atoms with Crippen LogP contribution in [0, 0.1) is 0 Å². The minimum atomic E-state index is -3.46. The fourth-order valence-corrected chi connectivity index (χ4v) is 5.71. The second-order valence-electron chi connectivity index (χ2n) is 9.49. The molecule has 9 nitrogen and oxygen atoms in total. The zero-order valence-electron chi connectivity index (χ0n) is 19.9. The van der Waals surface area contributed by atoms with Gasteiger partial charge in [-0.15, -0.1) is 0 Å². The molecule has 0 unspecified atom stereocenters. The number of hydrogen-bond acceptors (Lipinski definition) is 6. The van der Waals surface area contributed by atoms with Gasteiger partial charge in [0.15, 0.2) is 0 Å². The van der Waals surface area contributed by atoms with Gasteiger partial charge in [0.05, 0.1) is 29.9 Å². The molecule has 0 spiro atoms. The van der Waals surface area contributed by atoms with E-state index in [0.717, 1.165) is 12.8 Å². The van der Waals surface area contributed by atoms with E-state index in [1.807, 2.05) is 0 Å². The van der Waals surface area contributed by atoms with E-state index >= 15 is 0 Å². The van der Waals surface area contributed by atoms with Crippen LogP contribution in [0.3, 0.4) is 0 Å². The van der Waals surface area contributed by atoms with Crippen LogP contribution in [0.15, 0.2) is 18.2 Å². The van der Waals surface area contributed by atoms with Gasteiger partial charge in [-0.2, -0.15) is 0 Å². The molecule has 0 radical (unpaired) electrons. The molecule has 2 aliphatic heterocycles. The first-order valence-corrected chi connectivity index (χ1v) is 13.9. The SMILES string of the molecule is CCS(=O)(=O)Nc1ccc2c(c1)C(=O)N(C)[C@H]1CC[C@H](CC(=O)NC3CCCCC3)O[C@@H]1CO2. The molecular weight excluding hydrogens is 458 g/mol. The fraction of sp³-hybridized carbons (Fsp3) is 0.667. The van der Waals surface area contributed by atoms with E-state index < -0.39 is 10.0 Å². The predicted molar refractivity (Wildman–Crippen MR) is 128 cm³/mol. The topological polar surface area (TPSA) is 114 Å². The second-order valence-corrected chi connectivity index (χ2v) is 11.5. The van der Waals surface area contributed by atoms with Crippen LogP contribution in [0.1, 0.15) is 68.6 Å². The quantitative estimate of drug-likeness (QED) is 0.630. The van der Waals surface area contributed by atoms with Gasteiger partial charge in [0, 0.05) is 18.8 Å². The average molecular weight is 494 g/mol. The number of hydrogen-bond donors (Lipinski definition) is 2. The summed E-state index contributed by atoms with van der Waals surface area (Å²) in [7, 11) is -1.73. The van der Waals surface area contributed by atoms with Crippen molar-refractivity contribution in [2.45, 2.75) is 82.6 Å². The molecule has 2 amide bonds. The fourth-order valence-electron chi connectivity index (χ4n) is 5.08. The van der Waals surface area contributed by atoms with Crippen molar-refractivity contribution in [1.82, 2.24) is 10.2 Å². The Hall–Kier alpha value is -2.33. The van der Waals surface area contributed by atoms with Crippen molar-refractivity contribution in [3.05, 3.63) is 23.8 Å². The first-order chi connectivity index (χ1) is 16.3. The number of fused-ring (bicyclic) bond motifs is 2. The van der Waals surface area contributed by atoms with Crippen molar-refractivity contribution in [3.63, 3.8) is 0 Å². The molecular formula is C24H35N3O6S. The minimum Gasteiger partial charge on any atom is -0.490 e. The second kappa shape index (κ2) is 10.5. The Bertz CT molecular complexity index is 1010. The molecule has 1 saturated heterocycles. The summed E-state index contributed by atoms with van der Waals surface area (Å²) in [5, 5.41) is 3.15. The molecule has 2 heterocycles. The number of carbonyl (C=O) groups is 2. The number of anilines is 1. The highest BCUT2D eigenvalue weighted by Gasteiger charge is 2.39. The minimum absolute atomic E-state index is 0.0268. The Morgan fingerprint density at radius 3 is 2.65 bits per heavy atom. The number of likely N-dealkylation sites (N-methyl/N-ethyl adjacent to an activating group) is 1. The van der Waals surface area contributed by atoms with Crippen LogP contribution in [0.2, 0.25) is 0 Å². The summed E-state index contributed by atoms with van der Waals surface area (Å²) in [5.41, 5.74) is 0.637. The van der Waals surface area contributed by atoms with Gasteiger partial charge in [0.1, 0.15) is 18.5 Å². The van der Waals surface area contributed by atoms with Crippen molar-refractivity contribution >= 4 is 27.5 Å². The highest BCUT2D eigenvalue weighted by atomic mass is 32.2. The third-order valence-electron chi connectivity index (χ3n) is 7.05. The number of rotatable bonds is 6. The van der Waals surface area contributed by atoms with Crippen LogP contribution in [-0.4, -0.2) is 68.8 Å². The van der Waals surface area contributed by atoms with Crippen LogP contribution < -0.4 is 14.8 Å². The van der Waals surface area contributed by atoms with Crippen LogP contribution in [-0.2, 0) is 19.6 Å². The van der Waals surface area contributed by atoms with Gasteiger partial charge in [0.2, 0.25) is 15.9 Å². The van der Waals surface area contributed by atoms with Gasteiger partial charge >= 0.3 is 0 Å². The largest absolute Gasteiger partial charge is 0.490 e. The molecule has 188 valence electrons. The average Bonchev–Trinajstić information content (AvgIpc) is 2.82. The maximum absolute atomic E-state index is 13.3. The molecule has 3 atom stereocenters. The van der Waals surface area contributed by atoms with Crippen molar-refractivity contribution in [2.24, 2.45) is 0 Å². The third-order valence-corrected chi connectivity index (χ3v) is 8.36. The number of sulfonamides is 1. The van der Waals surface area contributed by atoms with Crippen molar-refractivity contribution in [2.75, 3.05) is 24.1 Å². The third kappa shape index (κ3) is 5.83. The van der Waals surface area contributed by atoms with Gasteiger partial charge in [-0.25, -0.2) is 8.42 Å². The molecule has 10 heteroatoms. The first kappa shape index (κ1) is 24.8. The molecule has 2 N–H and O–H groups in total. The molecule has 0 aromatic heterocycles. The number of nitrogens with one attached hydrogen (secondary N) is 2.